The highest BCUT2D eigenvalue weighted by atomic mass is 32.2. The Morgan fingerprint density at radius 2 is 1.72 bits per heavy atom. The van der Waals surface area contributed by atoms with Crippen LogP contribution >= 0.6 is 0 Å². The van der Waals surface area contributed by atoms with Crippen LogP contribution in [0.2, 0.25) is 0 Å². The molecule has 0 bridgehead atoms. The van der Waals surface area contributed by atoms with Crippen molar-refractivity contribution < 1.29 is 18.1 Å². The third-order valence-corrected chi connectivity index (χ3v) is 5.03. The van der Waals surface area contributed by atoms with Crippen molar-refractivity contribution in [3.63, 3.8) is 0 Å². The van der Waals surface area contributed by atoms with E-state index in [0.29, 0.717) is 0 Å². The Hall–Kier alpha value is -3.13. The Morgan fingerprint density at radius 1 is 1.00 bits per heavy atom. The highest BCUT2D eigenvalue weighted by Gasteiger charge is 2.19. The summed E-state index contributed by atoms with van der Waals surface area (Å²) in [6.07, 6.45) is 0. The summed E-state index contributed by atoms with van der Waals surface area (Å²) in [5, 5.41) is 12.5. The van der Waals surface area contributed by atoms with Gasteiger partial charge in [0.2, 0.25) is 0 Å². The van der Waals surface area contributed by atoms with Crippen molar-refractivity contribution >= 4 is 32.2 Å². The maximum absolute atomic E-state index is 12.6. The second-order valence-corrected chi connectivity index (χ2v) is 6.94. The van der Waals surface area contributed by atoms with E-state index in [1.165, 1.54) is 25.3 Å². The van der Waals surface area contributed by atoms with Crippen LogP contribution in [-0.4, -0.2) is 20.5 Å². The van der Waals surface area contributed by atoms with Crippen molar-refractivity contribution in [2.45, 2.75) is 4.90 Å². The number of anilines is 1. The van der Waals surface area contributed by atoms with Crippen LogP contribution < -0.4 is 9.46 Å². The largest absolute Gasteiger partial charge is 0.494 e. The average Bonchev–Trinajstić information content (AvgIpc) is 2.61. The molecule has 0 heterocycles. The number of nitro groups is 1. The molecule has 3 rings (SSSR count). The van der Waals surface area contributed by atoms with Crippen molar-refractivity contribution in [2.24, 2.45) is 0 Å². The summed E-state index contributed by atoms with van der Waals surface area (Å²) in [7, 11) is -2.56. The van der Waals surface area contributed by atoms with Crippen LogP contribution in [0.3, 0.4) is 0 Å². The van der Waals surface area contributed by atoms with E-state index in [1.54, 1.807) is 12.1 Å². The fraction of sp³-hybridized carbons (Fsp3) is 0.0588. The van der Waals surface area contributed by atoms with Crippen molar-refractivity contribution in [3.8, 4) is 5.75 Å². The molecule has 0 spiro atoms. The first-order valence-electron chi connectivity index (χ1n) is 7.25. The van der Waals surface area contributed by atoms with Crippen LogP contribution in [0.15, 0.2) is 65.6 Å². The van der Waals surface area contributed by atoms with Gasteiger partial charge in [-0.15, -0.1) is 0 Å². The second-order valence-electron chi connectivity index (χ2n) is 5.26. The third kappa shape index (κ3) is 3.38. The van der Waals surface area contributed by atoms with Crippen LogP contribution in [0.4, 0.5) is 11.4 Å². The molecule has 7 nitrogen and oxygen atoms in total. The summed E-state index contributed by atoms with van der Waals surface area (Å²) in [5.41, 5.74) is -0.0632. The molecule has 0 aliphatic rings. The Labute approximate surface area is 144 Å². The highest BCUT2D eigenvalue weighted by Crippen LogP contribution is 2.31. The summed E-state index contributed by atoms with van der Waals surface area (Å²) in [6.45, 7) is 0. The van der Waals surface area contributed by atoms with Gasteiger partial charge in [-0.25, -0.2) is 8.42 Å². The summed E-state index contributed by atoms with van der Waals surface area (Å²) >= 11 is 0. The lowest BCUT2D eigenvalue weighted by molar-refractivity contribution is -0.384. The molecule has 8 heteroatoms. The lowest BCUT2D eigenvalue weighted by atomic mass is 10.1. The number of methoxy groups -OCH3 is 1. The Balaban J connectivity index is 1.99. The first kappa shape index (κ1) is 16.7. The maximum atomic E-state index is 12.6. The predicted octanol–water partition coefficient (Wildman–Crippen LogP) is 3.56. The van der Waals surface area contributed by atoms with Crippen LogP contribution in [0.25, 0.3) is 10.8 Å². The number of rotatable bonds is 5. The van der Waals surface area contributed by atoms with Crippen molar-refractivity contribution in [3.05, 3.63) is 70.8 Å². The van der Waals surface area contributed by atoms with E-state index < -0.39 is 14.9 Å². The number of nitrogens with one attached hydrogen (secondary N) is 1. The number of nitro benzene ring substituents is 1. The summed E-state index contributed by atoms with van der Waals surface area (Å²) < 4.78 is 32.7. The van der Waals surface area contributed by atoms with Gasteiger partial charge in [-0.2, -0.15) is 0 Å². The fourth-order valence-corrected chi connectivity index (χ4v) is 3.52. The Kier molecular flexibility index (Phi) is 4.28. The first-order valence-corrected chi connectivity index (χ1v) is 8.73. The molecule has 0 unspecified atom stereocenters. The van der Waals surface area contributed by atoms with Crippen molar-refractivity contribution in [2.75, 3.05) is 11.8 Å². The van der Waals surface area contributed by atoms with Gasteiger partial charge in [0.25, 0.3) is 15.7 Å². The highest BCUT2D eigenvalue weighted by molar-refractivity contribution is 7.92. The number of benzene rings is 3. The van der Waals surface area contributed by atoms with Crippen LogP contribution in [-0.2, 0) is 10.0 Å². The lowest BCUT2D eigenvalue weighted by Crippen LogP contribution is -2.13. The molecule has 0 radical (unpaired) electrons. The van der Waals surface area contributed by atoms with E-state index in [2.05, 4.69) is 4.72 Å². The fourth-order valence-electron chi connectivity index (χ4n) is 2.42. The predicted molar refractivity (Wildman–Crippen MR) is 94.4 cm³/mol. The molecule has 25 heavy (non-hydrogen) atoms. The van der Waals surface area contributed by atoms with Crippen LogP contribution in [0, 0.1) is 10.1 Å². The molecule has 0 aromatic heterocycles. The van der Waals surface area contributed by atoms with Gasteiger partial charge in [0, 0.05) is 6.07 Å². The maximum Gasteiger partial charge on any atom is 0.273 e. The number of nitrogens with zero attached hydrogens (tertiary/aromatic N) is 1. The standard InChI is InChI=1S/C17H14N2O5S/c1-24-17-11-14(19(20)21)7-9-16(17)18-25(22,23)15-8-6-12-4-2-3-5-13(12)10-15/h2-11,18H,1H3. The average molecular weight is 358 g/mol. The SMILES string of the molecule is COc1cc([N+](=O)[O-])ccc1NS(=O)(=O)c1ccc2ccccc2c1. The monoisotopic (exact) mass is 358 g/mol. The number of hydrogen-bond donors (Lipinski definition) is 1. The molecule has 0 fully saturated rings. The van der Waals surface area contributed by atoms with E-state index >= 15 is 0 Å². The molecule has 0 aliphatic carbocycles. The van der Waals surface area contributed by atoms with E-state index in [9.17, 15) is 18.5 Å². The van der Waals surface area contributed by atoms with Gasteiger partial charge in [0.1, 0.15) is 5.75 Å². The number of ether oxygens (including phenoxy) is 1. The van der Waals surface area contributed by atoms with Crippen molar-refractivity contribution in [1.29, 1.82) is 0 Å². The zero-order valence-corrected chi connectivity index (χ0v) is 14.0. The van der Waals surface area contributed by atoms with Gasteiger partial charge in [0.15, 0.2) is 0 Å². The van der Waals surface area contributed by atoms with E-state index in [0.717, 1.165) is 16.8 Å². The zero-order valence-electron chi connectivity index (χ0n) is 13.2. The molecule has 0 saturated heterocycles. The van der Waals surface area contributed by atoms with Crippen molar-refractivity contribution in [1.82, 2.24) is 0 Å². The Morgan fingerprint density at radius 3 is 2.40 bits per heavy atom. The molecule has 1 N–H and O–H groups in total. The van der Waals surface area contributed by atoms with Gasteiger partial charge in [-0.05, 0) is 29.0 Å². The lowest BCUT2D eigenvalue weighted by Gasteiger charge is -2.12. The minimum absolute atomic E-state index is 0.0681. The molecular formula is C17H14N2O5S. The molecule has 0 saturated carbocycles. The third-order valence-electron chi connectivity index (χ3n) is 3.67. The van der Waals surface area contributed by atoms with Gasteiger partial charge in [-0.1, -0.05) is 30.3 Å². The minimum atomic E-state index is -3.87. The molecule has 0 aliphatic heterocycles. The summed E-state index contributed by atoms with van der Waals surface area (Å²) in [6, 6.07) is 15.9. The molecule has 3 aromatic carbocycles. The quantitative estimate of drug-likeness (QED) is 0.555. The van der Waals surface area contributed by atoms with E-state index in [4.69, 9.17) is 4.74 Å². The summed E-state index contributed by atoms with van der Waals surface area (Å²) in [4.78, 5) is 10.3. The second kappa shape index (κ2) is 6.40. The molecule has 3 aromatic rings. The van der Waals surface area contributed by atoms with Crippen LogP contribution in [0.5, 0.6) is 5.75 Å². The zero-order chi connectivity index (χ0) is 18.0. The molecule has 128 valence electrons. The topological polar surface area (TPSA) is 98.5 Å². The number of sulfonamides is 1. The van der Waals surface area contributed by atoms with Crippen LogP contribution in [0.1, 0.15) is 0 Å². The number of non-ortho nitro benzene ring substituents is 1. The normalized spacial score (nSPS) is 11.2. The van der Waals surface area contributed by atoms with Gasteiger partial charge < -0.3 is 4.74 Å². The summed E-state index contributed by atoms with van der Waals surface area (Å²) in [5.74, 6) is 0.0681. The van der Waals surface area contributed by atoms with E-state index in [1.807, 2.05) is 24.3 Å². The molecular weight excluding hydrogens is 344 g/mol. The molecule has 0 amide bonds. The first-order chi connectivity index (χ1) is 11.9. The minimum Gasteiger partial charge on any atom is -0.494 e. The Bertz CT molecular complexity index is 1060. The van der Waals surface area contributed by atoms with E-state index in [-0.39, 0.29) is 22.0 Å². The van der Waals surface area contributed by atoms with Gasteiger partial charge in [-0.3, -0.25) is 14.8 Å². The van der Waals surface area contributed by atoms with Gasteiger partial charge >= 0.3 is 0 Å². The smallest absolute Gasteiger partial charge is 0.273 e. The molecule has 0 atom stereocenters. The number of fused-ring (bicyclic) bond motifs is 1. The van der Waals surface area contributed by atoms with Gasteiger partial charge in [0.05, 0.1) is 28.7 Å². The number of hydrogen-bond acceptors (Lipinski definition) is 5.